The molecule has 2 aromatic carbocycles. The molecule has 112 valence electrons. The van der Waals surface area contributed by atoms with E-state index in [4.69, 9.17) is 4.74 Å². The van der Waals surface area contributed by atoms with E-state index in [9.17, 15) is 4.79 Å². The van der Waals surface area contributed by atoms with Crippen molar-refractivity contribution in [3.05, 3.63) is 59.8 Å². The maximum Gasteiger partial charge on any atom is 0.251 e. The van der Waals surface area contributed by atoms with Gasteiger partial charge in [-0.1, -0.05) is 24.3 Å². The quantitative estimate of drug-likeness (QED) is 0.804. The highest BCUT2D eigenvalue weighted by molar-refractivity contribution is 5.94. The van der Waals surface area contributed by atoms with Crippen molar-refractivity contribution in [2.45, 2.75) is 6.54 Å². The number of amides is 1. The van der Waals surface area contributed by atoms with E-state index < -0.39 is 0 Å². The number of aromatic nitrogens is 2. The molecule has 3 aromatic rings. The second-order valence-electron chi connectivity index (χ2n) is 4.97. The monoisotopic (exact) mass is 295 g/mol. The van der Waals surface area contributed by atoms with Crippen LogP contribution in [0.3, 0.4) is 0 Å². The number of ether oxygens (including phenoxy) is 1. The van der Waals surface area contributed by atoms with Crippen LogP contribution in [0.15, 0.2) is 48.7 Å². The van der Waals surface area contributed by atoms with Crippen LogP contribution in [0, 0.1) is 0 Å². The van der Waals surface area contributed by atoms with Gasteiger partial charge < -0.3 is 10.1 Å². The molecule has 22 heavy (non-hydrogen) atoms. The molecule has 1 amide bonds. The number of carbonyl (C=O) groups excluding carboxylic acids is 1. The molecule has 0 radical (unpaired) electrons. The summed E-state index contributed by atoms with van der Waals surface area (Å²) in [4.78, 5) is 11.7. The third-order valence-corrected chi connectivity index (χ3v) is 3.65. The maximum atomic E-state index is 11.7. The Kier molecular flexibility index (Phi) is 3.78. The second-order valence-corrected chi connectivity index (χ2v) is 4.97. The van der Waals surface area contributed by atoms with E-state index in [1.807, 2.05) is 41.2 Å². The fourth-order valence-electron chi connectivity index (χ4n) is 2.47. The number of fused-ring (bicyclic) bond motifs is 1. The summed E-state index contributed by atoms with van der Waals surface area (Å²) in [6.45, 7) is 0.588. The number of rotatable bonds is 4. The van der Waals surface area contributed by atoms with Crippen LogP contribution in [0.5, 0.6) is 5.75 Å². The fourth-order valence-corrected chi connectivity index (χ4v) is 2.47. The van der Waals surface area contributed by atoms with Crippen molar-refractivity contribution in [1.29, 1.82) is 0 Å². The van der Waals surface area contributed by atoms with E-state index in [1.54, 1.807) is 26.3 Å². The molecule has 0 saturated carbocycles. The zero-order valence-electron chi connectivity index (χ0n) is 12.5. The summed E-state index contributed by atoms with van der Waals surface area (Å²) in [5, 5.41) is 8.13. The van der Waals surface area contributed by atoms with Gasteiger partial charge >= 0.3 is 0 Å². The number of benzene rings is 2. The zero-order chi connectivity index (χ0) is 15.5. The summed E-state index contributed by atoms with van der Waals surface area (Å²) in [5.41, 5.74) is 2.62. The number of hydrogen-bond donors (Lipinski definition) is 1. The number of methoxy groups -OCH3 is 1. The summed E-state index contributed by atoms with van der Waals surface area (Å²) < 4.78 is 7.34. The van der Waals surface area contributed by atoms with Gasteiger partial charge in [0.25, 0.3) is 5.91 Å². The Morgan fingerprint density at radius 2 is 2.09 bits per heavy atom. The lowest BCUT2D eigenvalue weighted by Crippen LogP contribution is -2.18. The van der Waals surface area contributed by atoms with Gasteiger partial charge in [0.15, 0.2) is 0 Å². The molecule has 1 N–H and O–H groups in total. The summed E-state index contributed by atoms with van der Waals surface area (Å²) in [5.74, 6) is 0.551. The molecule has 0 spiro atoms. The Morgan fingerprint density at radius 3 is 2.86 bits per heavy atom. The Labute approximate surface area is 128 Å². The van der Waals surface area contributed by atoms with E-state index in [1.165, 1.54) is 0 Å². The normalized spacial score (nSPS) is 10.6. The molecular formula is C17H17N3O2. The van der Waals surface area contributed by atoms with Gasteiger partial charge in [-0.25, -0.2) is 0 Å². The van der Waals surface area contributed by atoms with Gasteiger partial charge in [0.05, 0.1) is 25.4 Å². The molecule has 1 aromatic heterocycles. The molecule has 0 aliphatic carbocycles. The Balaban J connectivity index is 1.96. The molecule has 0 atom stereocenters. The number of para-hydroxylation sites is 1. The molecular weight excluding hydrogens is 278 g/mol. The van der Waals surface area contributed by atoms with Crippen LogP contribution in [0.2, 0.25) is 0 Å². The molecule has 5 heteroatoms. The van der Waals surface area contributed by atoms with Crippen LogP contribution in [0.25, 0.3) is 10.9 Å². The van der Waals surface area contributed by atoms with Crippen molar-refractivity contribution in [2.24, 2.45) is 0 Å². The summed E-state index contributed by atoms with van der Waals surface area (Å²) >= 11 is 0. The first-order valence-corrected chi connectivity index (χ1v) is 7.02. The van der Waals surface area contributed by atoms with Crippen LogP contribution in [-0.4, -0.2) is 29.8 Å². The van der Waals surface area contributed by atoms with Crippen molar-refractivity contribution in [2.75, 3.05) is 14.2 Å². The van der Waals surface area contributed by atoms with Crippen molar-refractivity contribution in [3.8, 4) is 5.75 Å². The number of hydrogen-bond acceptors (Lipinski definition) is 3. The maximum absolute atomic E-state index is 11.7. The Hall–Kier alpha value is -2.82. The van der Waals surface area contributed by atoms with Crippen molar-refractivity contribution >= 4 is 16.8 Å². The number of nitrogens with one attached hydrogen (secondary N) is 1. The smallest absolute Gasteiger partial charge is 0.251 e. The van der Waals surface area contributed by atoms with Crippen molar-refractivity contribution in [3.63, 3.8) is 0 Å². The van der Waals surface area contributed by atoms with Gasteiger partial charge in [0.1, 0.15) is 5.75 Å². The van der Waals surface area contributed by atoms with Crippen LogP contribution >= 0.6 is 0 Å². The molecule has 3 rings (SSSR count). The highest BCUT2D eigenvalue weighted by atomic mass is 16.5. The zero-order valence-corrected chi connectivity index (χ0v) is 12.5. The third-order valence-electron chi connectivity index (χ3n) is 3.65. The summed E-state index contributed by atoms with van der Waals surface area (Å²) in [7, 11) is 3.21. The first-order valence-electron chi connectivity index (χ1n) is 7.02. The minimum atomic E-state index is -0.130. The van der Waals surface area contributed by atoms with E-state index in [2.05, 4.69) is 10.4 Å². The van der Waals surface area contributed by atoms with Crippen molar-refractivity contribution < 1.29 is 9.53 Å². The van der Waals surface area contributed by atoms with E-state index >= 15 is 0 Å². The minimum Gasteiger partial charge on any atom is -0.496 e. The molecule has 0 fully saturated rings. The molecule has 0 unspecified atom stereocenters. The predicted molar refractivity (Wildman–Crippen MR) is 85.2 cm³/mol. The van der Waals surface area contributed by atoms with Crippen LogP contribution < -0.4 is 10.1 Å². The number of nitrogens with zero attached hydrogens (tertiary/aromatic N) is 2. The molecule has 0 aliphatic rings. The average molecular weight is 295 g/mol. The molecule has 0 aliphatic heterocycles. The van der Waals surface area contributed by atoms with Gasteiger partial charge in [-0.3, -0.25) is 9.48 Å². The first-order chi connectivity index (χ1) is 10.7. The molecule has 1 heterocycles. The Bertz CT molecular complexity index is 824. The van der Waals surface area contributed by atoms with E-state index in [-0.39, 0.29) is 5.91 Å². The van der Waals surface area contributed by atoms with Gasteiger partial charge in [0.2, 0.25) is 0 Å². The van der Waals surface area contributed by atoms with Gasteiger partial charge in [-0.2, -0.15) is 5.10 Å². The minimum absolute atomic E-state index is 0.130. The molecule has 5 nitrogen and oxygen atoms in total. The van der Waals surface area contributed by atoms with Gasteiger partial charge in [0, 0.05) is 23.6 Å². The lowest BCUT2D eigenvalue weighted by molar-refractivity contribution is 0.0962. The van der Waals surface area contributed by atoms with Crippen LogP contribution in [-0.2, 0) is 6.54 Å². The van der Waals surface area contributed by atoms with Crippen LogP contribution in [0.4, 0.5) is 0 Å². The van der Waals surface area contributed by atoms with Gasteiger partial charge in [-0.15, -0.1) is 0 Å². The van der Waals surface area contributed by atoms with Gasteiger partial charge in [-0.05, 0) is 18.2 Å². The highest BCUT2D eigenvalue weighted by Gasteiger charge is 2.11. The third kappa shape index (κ3) is 2.53. The second kappa shape index (κ2) is 5.89. The highest BCUT2D eigenvalue weighted by Crippen LogP contribution is 2.23. The van der Waals surface area contributed by atoms with E-state index in [0.29, 0.717) is 17.9 Å². The molecule has 0 bridgehead atoms. The standard InChI is InChI=1S/C17H17N3O2/c1-18-17(21)12-7-8-14(16(9-12)22-2)11-20-15-6-4-3-5-13(15)10-19-20/h3-10H,11H2,1-2H3,(H,18,21). The first kappa shape index (κ1) is 14.1. The lowest BCUT2D eigenvalue weighted by atomic mass is 10.1. The molecule has 0 saturated heterocycles. The fraction of sp³-hybridized carbons (Fsp3) is 0.176. The SMILES string of the molecule is CNC(=O)c1ccc(Cn2ncc3ccccc32)c(OC)c1. The Morgan fingerprint density at radius 1 is 1.27 bits per heavy atom. The topological polar surface area (TPSA) is 56.2 Å². The summed E-state index contributed by atoms with van der Waals surface area (Å²) in [6.07, 6.45) is 1.85. The van der Waals surface area contributed by atoms with E-state index in [0.717, 1.165) is 16.5 Å². The lowest BCUT2D eigenvalue weighted by Gasteiger charge is -2.11. The number of carbonyl (C=O) groups is 1. The van der Waals surface area contributed by atoms with Crippen molar-refractivity contribution in [1.82, 2.24) is 15.1 Å². The largest absolute Gasteiger partial charge is 0.496 e. The van der Waals surface area contributed by atoms with Crippen LogP contribution in [0.1, 0.15) is 15.9 Å². The average Bonchev–Trinajstić information content (AvgIpc) is 2.97. The predicted octanol–water partition coefficient (Wildman–Crippen LogP) is 2.45. The summed E-state index contributed by atoms with van der Waals surface area (Å²) in [6, 6.07) is 13.5.